The number of rotatable bonds is 7. The van der Waals surface area contributed by atoms with Gasteiger partial charge in [0.2, 0.25) is 0 Å². The third kappa shape index (κ3) is 4.92. The molecule has 122 valence electrons. The number of hydrogen-bond acceptors (Lipinski definition) is 3. The first-order valence-electron chi connectivity index (χ1n) is 8.04. The number of nitrogens with zero attached hydrogens (tertiary/aromatic N) is 1. The molecule has 2 saturated heterocycles. The zero-order chi connectivity index (χ0) is 15.4. The predicted octanol–water partition coefficient (Wildman–Crippen LogP) is 3.13. The maximum atomic E-state index is 13.1. The molecule has 3 nitrogen and oxygen atoms in total. The molecule has 0 saturated carbocycles. The van der Waals surface area contributed by atoms with E-state index in [1.54, 1.807) is 0 Å². The summed E-state index contributed by atoms with van der Waals surface area (Å²) in [4.78, 5) is 2.14. The summed E-state index contributed by atoms with van der Waals surface area (Å²) in [6.45, 7) is 3.36. The largest absolute Gasteiger partial charge is 0.491 e. The van der Waals surface area contributed by atoms with Gasteiger partial charge in [0.25, 0.3) is 5.92 Å². The van der Waals surface area contributed by atoms with Crippen LogP contribution < -0.4 is 4.74 Å². The fraction of sp³-hybridized carbons (Fsp3) is 0.647. The monoisotopic (exact) mass is 311 g/mol. The highest BCUT2D eigenvalue weighted by atomic mass is 19.3. The number of ether oxygens (including phenoxy) is 2. The van der Waals surface area contributed by atoms with E-state index in [0.29, 0.717) is 19.7 Å². The van der Waals surface area contributed by atoms with Gasteiger partial charge < -0.3 is 14.4 Å². The van der Waals surface area contributed by atoms with Crippen LogP contribution in [0.25, 0.3) is 0 Å². The number of halogens is 2. The highest BCUT2D eigenvalue weighted by Gasteiger charge is 2.33. The first-order valence-corrected chi connectivity index (χ1v) is 8.04. The van der Waals surface area contributed by atoms with Crippen molar-refractivity contribution in [3.05, 3.63) is 29.8 Å². The van der Waals surface area contributed by atoms with Crippen LogP contribution in [0, 0.1) is 0 Å². The molecule has 0 amide bonds. The van der Waals surface area contributed by atoms with Crippen molar-refractivity contribution in [3.8, 4) is 5.75 Å². The first kappa shape index (κ1) is 15.7. The maximum absolute atomic E-state index is 13.1. The molecule has 1 aromatic rings. The molecular weight excluding hydrogens is 288 g/mol. The van der Waals surface area contributed by atoms with Crippen LogP contribution in [0.15, 0.2) is 24.3 Å². The van der Waals surface area contributed by atoms with E-state index in [2.05, 4.69) is 17.0 Å². The molecule has 2 fully saturated rings. The summed E-state index contributed by atoms with van der Waals surface area (Å²) >= 11 is 0. The third-order valence-electron chi connectivity index (χ3n) is 4.29. The van der Waals surface area contributed by atoms with Crippen LogP contribution in [0.2, 0.25) is 0 Å². The van der Waals surface area contributed by atoms with Gasteiger partial charge in [0.05, 0.1) is 6.61 Å². The summed E-state index contributed by atoms with van der Waals surface area (Å²) in [5.74, 6) is -1.57. The molecule has 0 radical (unpaired) electrons. The van der Waals surface area contributed by atoms with Gasteiger partial charge in [-0.2, -0.15) is 0 Å². The van der Waals surface area contributed by atoms with Gasteiger partial charge >= 0.3 is 0 Å². The third-order valence-corrected chi connectivity index (χ3v) is 4.29. The minimum absolute atomic E-state index is 0.00371. The van der Waals surface area contributed by atoms with E-state index in [0.717, 1.165) is 31.7 Å². The molecular formula is C17H23F2NO2. The Balaban J connectivity index is 1.34. The maximum Gasteiger partial charge on any atom is 0.250 e. The van der Waals surface area contributed by atoms with E-state index in [-0.39, 0.29) is 18.9 Å². The molecule has 1 unspecified atom stereocenters. The number of aryl methyl sites for hydroxylation is 1. The van der Waals surface area contributed by atoms with Gasteiger partial charge in [-0.25, -0.2) is 8.78 Å². The van der Waals surface area contributed by atoms with E-state index >= 15 is 0 Å². The molecule has 1 atom stereocenters. The summed E-state index contributed by atoms with van der Waals surface area (Å²) in [7, 11) is 0. The SMILES string of the molecule is FC1(F)CCN(CCCc2ccc(OCC3CO3)cc2)CC1. The van der Waals surface area contributed by atoms with E-state index in [4.69, 9.17) is 9.47 Å². The number of piperidine rings is 1. The van der Waals surface area contributed by atoms with Crippen LogP contribution in [0.3, 0.4) is 0 Å². The minimum atomic E-state index is -2.45. The Bertz CT molecular complexity index is 464. The molecule has 22 heavy (non-hydrogen) atoms. The fourth-order valence-corrected chi connectivity index (χ4v) is 2.72. The predicted molar refractivity (Wildman–Crippen MR) is 80.6 cm³/mol. The molecule has 0 aromatic heterocycles. The minimum Gasteiger partial charge on any atom is -0.491 e. The summed E-state index contributed by atoms with van der Waals surface area (Å²) in [6.07, 6.45) is 2.25. The number of benzene rings is 1. The average molecular weight is 311 g/mol. The molecule has 0 N–H and O–H groups in total. The molecule has 1 aromatic carbocycles. The Morgan fingerprint density at radius 3 is 2.50 bits per heavy atom. The second-order valence-electron chi connectivity index (χ2n) is 6.21. The van der Waals surface area contributed by atoms with Crippen LogP contribution in [0.1, 0.15) is 24.8 Å². The normalized spacial score (nSPS) is 24.2. The second-order valence-corrected chi connectivity index (χ2v) is 6.21. The standard InChI is InChI=1S/C17H23F2NO2/c18-17(19)7-10-20(11-8-17)9-1-2-14-3-5-15(6-4-14)21-12-16-13-22-16/h3-6,16H,1-2,7-13H2. The molecule has 0 bridgehead atoms. The Morgan fingerprint density at radius 1 is 1.18 bits per heavy atom. The quantitative estimate of drug-likeness (QED) is 0.723. The lowest BCUT2D eigenvalue weighted by molar-refractivity contribution is -0.0551. The van der Waals surface area contributed by atoms with Crippen LogP contribution in [-0.4, -0.2) is 49.8 Å². The Labute approximate surface area is 130 Å². The van der Waals surface area contributed by atoms with E-state index in [9.17, 15) is 8.78 Å². The zero-order valence-electron chi connectivity index (χ0n) is 12.8. The van der Waals surface area contributed by atoms with Crippen molar-refractivity contribution in [2.75, 3.05) is 32.8 Å². The molecule has 3 rings (SSSR count). The molecule has 2 aliphatic rings. The Kier molecular flexibility index (Phi) is 4.93. The first-order chi connectivity index (χ1) is 10.6. The van der Waals surface area contributed by atoms with Crippen LogP contribution in [0.5, 0.6) is 5.75 Å². The Hall–Kier alpha value is -1.20. The molecule has 2 heterocycles. The van der Waals surface area contributed by atoms with Crippen molar-refractivity contribution in [1.82, 2.24) is 4.90 Å². The highest BCUT2D eigenvalue weighted by Crippen LogP contribution is 2.27. The van der Waals surface area contributed by atoms with E-state index in [1.807, 2.05) is 12.1 Å². The smallest absolute Gasteiger partial charge is 0.250 e. The van der Waals surface area contributed by atoms with Crippen molar-refractivity contribution in [3.63, 3.8) is 0 Å². The van der Waals surface area contributed by atoms with E-state index in [1.165, 1.54) is 5.56 Å². The Morgan fingerprint density at radius 2 is 1.86 bits per heavy atom. The molecule has 0 spiro atoms. The number of epoxide rings is 1. The van der Waals surface area contributed by atoms with Crippen molar-refractivity contribution >= 4 is 0 Å². The lowest BCUT2D eigenvalue weighted by Gasteiger charge is -2.31. The second kappa shape index (κ2) is 6.92. The summed E-state index contributed by atoms with van der Waals surface area (Å²) in [5, 5.41) is 0. The van der Waals surface area contributed by atoms with Gasteiger partial charge in [-0.3, -0.25) is 0 Å². The van der Waals surface area contributed by atoms with Crippen molar-refractivity contribution < 1.29 is 18.3 Å². The lowest BCUT2D eigenvalue weighted by atomic mass is 10.1. The summed E-state index contributed by atoms with van der Waals surface area (Å²) in [5.41, 5.74) is 1.26. The van der Waals surface area contributed by atoms with Gasteiger partial charge in [0, 0.05) is 25.9 Å². The van der Waals surface area contributed by atoms with Gasteiger partial charge in [-0.15, -0.1) is 0 Å². The van der Waals surface area contributed by atoms with Gasteiger partial charge in [0.15, 0.2) is 0 Å². The molecule has 5 heteroatoms. The van der Waals surface area contributed by atoms with Crippen LogP contribution >= 0.6 is 0 Å². The number of likely N-dealkylation sites (tertiary alicyclic amines) is 1. The lowest BCUT2D eigenvalue weighted by Crippen LogP contribution is -2.39. The van der Waals surface area contributed by atoms with Crippen molar-refractivity contribution in [1.29, 1.82) is 0 Å². The average Bonchev–Trinajstić information content (AvgIpc) is 3.32. The van der Waals surface area contributed by atoms with Gasteiger partial charge in [0.1, 0.15) is 18.5 Å². The number of alkyl halides is 2. The molecule has 2 aliphatic heterocycles. The summed E-state index contributed by atoms with van der Waals surface area (Å²) in [6, 6.07) is 8.12. The number of hydrogen-bond donors (Lipinski definition) is 0. The van der Waals surface area contributed by atoms with Gasteiger partial charge in [-0.05, 0) is 37.1 Å². The van der Waals surface area contributed by atoms with Crippen molar-refractivity contribution in [2.45, 2.75) is 37.7 Å². The fourth-order valence-electron chi connectivity index (χ4n) is 2.72. The van der Waals surface area contributed by atoms with Crippen LogP contribution in [0.4, 0.5) is 8.78 Å². The highest BCUT2D eigenvalue weighted by molar-refractivity contribution is 5.27. The van der Waals surface area contributed by atoms with Crippen molar-refractivity contribution in [2.24, 2.45) is 0 Å². The van der Waals surface area contributed by atoms with Gasteiger partial charge in [-0.1, -0.05) is 12.1 Å². The van der Waals surface area contributed by atoms with E-state index < -0.39 is 5.92 Å². The summed E-state index contributed by atoms with van der Waals surface area (Å²) < 4.78 is 36.8. The molecule has 0 aliphatic carbocycles. The zero-order valence-corrected chi connectivity index (χ0v) is 12.8. The van der Waals surface area contributed by atoms with Crippen LogP contribution in [-0.2, 0) is 11.2 Å². The topological polar surface area (TPSA) is 25.0 Å².